The number of aromatic nitrogens is 3. The summed E-state index contributed by atoms with van der Waals surface area (Å²) >= 11 is 1.30. The van der Waals surface area contributed by atoms with E-state index in [0.29, 0.717) is 23.9 Å². The smallest absolute Gasteiger partial charge is 0.232 e. The maximum atomic E-state index is 12.4. The van der Waals surface area contributed by atoms with Gasteiger partial charge in [-0.3, -0.25) is 9.36 Å². The van der Waals surface area contributed by atoms with Crippen LogP contribution in [0.5, 0.6) is 11.5 Å². The number of carbonyl (C=O) groups is 1. The van der Waals surface area contributed by atoms with Crippen LogP contribution in [0.2, 0.25) is 0 Å². The third kappa shape index (κ3) is 5.35. The normalized spacial score (nSPS) is 10.4. The third-order valence-electron chi connectivity index (χ3n) is 4.62. The molecule has 1 aromatic heterocycles. The second-order valence-corrected chi connectivity index (χ2v) is 7.52. The van der Waals surface area contributed by atoms with E-state index in [9.17, 15) is 4.79 Å². The molecular formula is C22H23N5O3S. The molecule has 0 saturated carbocycles. The van der Waals surface area contributed by atoms with Crippen LogP contribution >= 0.6 is 11.8 Å². The molecule has 3 aromatic rings. The van der Waals surface area contributed by atoms with Crippen molar-refractivity contribution in [2.75, 3.05) is 33.6 Å². The number of methoxy groups -OCH3 is 2. The number of amides is 1. The van der Waals surface area contributed by atoms with E-state index in [1.165, 1.54) is 11.8 Å². The summed E-state index contributed by atoms with van der Waals surface area (Å²) in [5.41, 5.74) is 1.72. The monoisotopic (exact) mass is 437 g/mol. The van der Waals surface area contributed by atoms with E-state index >= 15 is 0 Å². The molecule has 0 atom stereocenters. The number of carbonyl (C=O) groups excluding carboxylic acids is 1. The third-order valence-corrected chi connectivity index (χ3v) is 5.54. The fourth-order valence-electron chi connectivity index (χ4n) is 2.83. The Hall–Kier alpha value is -3.51. The Bertz CT molecular complexity index is 1060. The summed E-state index contributed by atoms with van der Waals surface area (Å²) in [7, 11) is 4.93. The molecule has 1 amide bonds. The first-order chi connectivity index (χ1) is 15.1. The molecule has 31 heavy (non-hydrogen) atoms. The molecule has 0 aliphatic rings. The Morgan fingerprint density at radius 1 is 1.06 bits per heavy atom. The first kappa shape index (κ1) is 22.2. The molecule has 9 heteroatoms. The van der Waals surface area contributed by atoms with E-state index in [1.807, 2.05) is 53.1 Å². The zero-order valence-corrected chi connectivity index (χ0v) is 18.4. The number of hydrogen-bond donors (Lipinski definition) is 0. The lowest BCUT2D eigenvalue weighted by molar-refractivity contribution is -0.127. The topological polar surface area (TPSA) is 93.3 Å². The number of ether oxygens (including phenoxy) is 2. The summed E-state index contributed by atoms with van der Waals surface area (Å²) in [6, 6.07) is 17.2. The van der Waals surface area contributed by atoms with E-state index in [2.05, 4.69) is 16.3 Å². The summed E-state index contributed by atoms with van der Waals surface area (Å²) in [4.78, 5) is 14.0. The van der Waals surface area contributed by atoms with Gasteiger partial charge in [0.25, 0.3) is 0 Å². The van der Waals surface area contributed by atoms with Gasteiger partial charge >= 0.3 is 0 Å². The predicted molar refractivity (Wildman–Crippen MR) is 118 cm³/mol. The minimum atomic E-state index is -0.0736. The minimum Gasteiger partial charge on any atom is -0.497 e. The van der Waals surface area contributed by atoms with Crippen LogP contribution in [0.1, 0.15) is 6.42 Å². The van der Waals surface area contributed by atoms with Crippen LogP contribution in [0.3, 0.4) is 0 Å². The van der Waals surface area contributed by atoms with Gasteiger partial charge in [0.05, 0.1) is 32.5 Å². The van der Waals surface area contributed by atoms with Crippen molar-refractivity contribution >= 4 is 17.7 Å². The van der Waals surface area contributed by atoms with Crippen LogP contribution in [0.15, 0.2) is 53.7 Å². The first-order valence-electron chi connectivity index (χ1n) is 9.55. The Labute approximate surface area is 185 Å². The van der Waals surface area contributed by atoms with Crippen LogP contribution in [0.25, 0.3) is 17.1 Å². The van der Waals surface area contributed by atoms with Crippen molar-refractivity contribution in [3.63, 3.8) is 0 Å². The Morgan fingerprint density at radius 3 is 2.26 bits per heavy atom. The number of rotatable bonds is 9. The second-order valence-electron chi connectivity index (χ2n) is 6.58. The number of hydrogen-bond acceptors (Lipinski definition) is 7. The highest BCUT2D eigenvalue weighted by atomic mass is 32.2. The summed E-state index contributed by atoms with van der Waals surface area (Å²) in [6.07, 6.45) is 0.302. The van der Waals surface area contributed by atoms with Crippen molar-refractivity contribution in [1.82, 2.24) is 19.7 Å². The van der Waals surface area contributed by atoms with Crippen LogP contribution in [0, 0.1) is 11.3 Å². The highest BCUT2D eigenvalue weighted by Gasteiger charge is 2.18. The number of nitriles is 1. The van der Waals surface area contributed by atoms with Gasteiger partial charge in [-0.1, -0.05) is 11.8 Å². The fourth-order valence-corrected chi connectivity index (χ4v) is 3.73. The van der Waals surface area contributed by atoms with Crippen molar-refractivity contribution in [3.05, 3.63) is 48.5 Å². The van der Waals surface area contributed by atoms with E-state index in [1.54, 1.807) is 26.2 Å². The van der Waals surface area contributed by atoms with Gasteiger partial charge < -0.3 is 14.4 Å². The van der Waals surface area contributed by atoms with Crippen molar-refractivity contribution in [2.45, 2.75) is 11.6 Å². The highest BCUT2D eigenvalue weighted by molar-refractivity contribution is 7.99. The highest BCUT2D eigenvalue weighted by Crippen LogP contribution is 2.30. The van der Waals surface area contributed by atoms with E-state index in [0.717, 1.165) is 22.7 Å². The van der Waals surface area contributed by atoms with E-state index < -0.39 is 0 Å². The van der Waals surface area contributed by atoms with Gasteiger partial charge in [-0.15, -0.1) is 10.2 Å². The van der Waals surface area contributed by atoms with Gasteiger partial charge in [-0.25, -0.2) is 0 Å². The maximum absolute atomic E-state index is 12.4. The van der Waals surface area contributed by atoms with Crippen LogP contribution in [-0.4, -0.2) is 59.1 Å². The molecule has 0 aliphatic heterocycles. The molecule has 0 N–H and O–H groups in total. The zero-order valence-electron chi connectivity index (χ0n) is 17.6. The molecule has 0 spiro atoms. The molecule has 1 heterocycles. The van der Waals surface area contributed by atoms with Gasteiger partial charge in [0.1, 0.15) is 11.5 Å². The standard InChI is InChI=1S/C22H23N5O3S/c1-26(14-4-13-23)20(28)15-31-22-25-24-21(16-5-9-18(29-2)10-6-16)27(22)17-7-11-19(30-3)12-8-17/h5-12H,4,14-15H2,1-3H3. The molecule has 0 aliphatic carbocycles. The number of nitrogens with zero attached hydrogens (tertiary/aromatic N) is 5. The molecule has 0 saturated heterocycles. The zero-order chi connectivity index (χ0) is 22.2. The quantitative estimate of drug-likeness (QED) is 0.474. The van der Waals surface area contributed by atoms with Gasteiger partial charge in [0, 0.05) is 24.8 Å². The molecule has 0 unspecified atom stereocenters. The summed E-state index contributed by atoms with van der Waals surface area (Å²) in [5.74, 6) is 2.26. The summed E-state index contributed by atoms with van der Waals surface area (Å²) in [6.45, 7) is 0.401. The van der Waals surface area contributed by atoms with Gasteiger partial charge in [0.15, 0.2) is 11.0 Å². The van der Waals surface area contributed by atoms with Gasteiger partial charge in [0.2, 0.25) is 5.91 Å². The van der Waals surface area contributed by atoms with Crippen LogP contribution < -0.4 is 9.47 Å². The molecular weight excluding hydrogens is 414 g/mol. The lowest BCUT2D eigenvalue weighted by atomic mass is 10.2. The SMILES string of the molecule is COc1ccc(-c2nnc(SCC(=O)N(C)CCC#N)n2-c2ccc(OC)cc2)cc1. The lowest BCUT2D eigenvalue weighted by Gasteiger charge is -2.15. The lowest BCUT2D eigenvalue weighted by Crippen LogP contribution is -2.29. The van der Waals surface area contributed by atoms with Crippen LogP contribution in [-0.2, 0) is 4.79 Å². The van der Waals surface area contributed by atoms with Crippen molar-refractivity contribution in [3.8, 4) is 34.6 Å². The summed E-state index contributed by atoms with van der Waals surface area (Å²) < 4.78 is 12.4. The average molecular weight is 438 g/mol. The molecule has 2 aromatic carbocycles. The fraction of sp³-hybridized carbons (Fsp3) is 0.273. The van der Waals surface area contributed by atoms with Crippen molar-refractivity contribution in [2.24, 2.45) is 0 Å². The molecule has 0 fully saturated rings. The summed E-state index contributed by atoms with van der Waals surface area (Å²) in [5, 5.41) is 18.0. The van der Waals surface area contributed by atoms with Crippen LogP contribution in [0.4, 0.5) is 0 Å². The Morgan fingerprint density at radius 2 is 1.68 bits per heavy atom. The Kier molecular flexibility index (Phi) is 7.51. The van der Waals surface area contributed by atoms with Gasteiger partial charge in [-0.05, 0) is 48.5 Å². The average Bonchev–Trinajstić information content (AvgIpc) is 3.24. The van der Waals surface area contributed by atoms with E-state index in [-0.39, 0.29) is 11.7 Å². The number of thioether (sulfide) groups is 1. The van der Waals surface area contributed by atoms with Crippen molar-refractivity contribution < 1.29 is 14.3 Å². The first-order valence-corrected chi connectivity index (χ1v) is 10.5. The largest absolute Gasteiger partial charge is 0.497 e. The second kappa shape index (κ2) is 10.5. The number of benzene rings is 2. The molecule has 160 valence electrons. The molecule has 8 nitrogen and oxygen atoms in total. The molecule has 0 bridgehead atoms. The predicted octanol–water partition coefficient (Wildman–Crippen LogP) is 3.42. The minimum absolute atomic E-state index is 0.0736. The van der Waals surface area contributed by atoms with Crippen molar-refractivity contribution in [1.29, 1.82) is 5.26 Å². The maximum Gasteiger partial charge on any atom is 0.232 e. The van der Waals surface area contributed by atoms with E-state index in [4.69, 9.17) is 14.7 Å². The molecule has 0 radical (unpaired) electrons. The van der Waals surface area contributed by atoms with Gasteiger partial charge in [-0.2, -0.15) is 5.26 Å². The molecule has 3 rings (SSSR count). The Balaban J connectivity index is 1.92.